The van der Waals surface area contributed by atoms with Gasteiger partial charge in [-0.1, -0.05) is 41.5 Å². The molecule has 0 bridgehead atoms. The molecule has 2 aliphatic rings. The van der Waals surface area contributed by atoms with Crippen LogP contribution in [0.3, 0.4) is 0 Å². The molecule has 13 heteroatoms. The molecule has 2 saturated carbocycles. The predicted octanol–water partition coefficient (Wildman–Crippen LogP) is 7.60. The Morgan fingerprint density at radius 3 is 1.71 bits per heavy atom. The van der Waals surface area contributed by atoms with Crippen molar-refractivity contribution in [2.75, 3.05) is 12.1 Å². The lowest BCUT2D eigenvalue weighted by Gasteiger charge is -2.39. The van der Waals surface area contributed by atoms with E-state index in [0.717, 1.165) is 51.4 Å². The molecule has 0 spiro atoms. The number of nitrogen functional groups attached to an aromatic ring is 1. The summed E-state index contributed by atoms with van der Waals surface area (Å²) in [4.78, 5) is 36.1. The second-order valence-corrected chi connectivity index (χ2v) is 20.5. The van der Waals surface area contributed by atoms with Gasteiger partial charge in [0, 0.05) is 6.20 Å². The molecule has 0 aliphatic heterocycles. The van der Waals surface area contributed by atoms with Crippen molar-refractivity contribution in [3.8, 4) is 0 Å². The van der Waals surface area contributed by atoms with Gasteiger partial charge in [0.15, 0.2) is 5.65 Å². The number of esters is 2. The Kier molecular flexibility index (Phi) is 12.8. The van der Waals surface area contributed by atoms with Crippen LogP contribution in [0, 0.1) is 22.7 Å². The molecule has 2 aliphatic carbocycles. The summed E-state index contributed by atoms with van der Waals surface area (Å²) in [6, 6.07) is 1.69. The first-order chi connectivity index (χ1) is 23.5. The third-order valence-electron chi connectivity index (χ3n) is 10.8. The number of hydrogen-bond acceptors (Lipinski definition) is 9. The van der Waals surface area contributed by atoms with Crippen LogP contribution < -0.4 is 15.9 Å². The van der Waals surface area contributed by atoms with Gasteiger partial charge in [0.1, 0.15) is 35.2 Å². The van der Waals surface area contributed by atoms with Crippen LogP contribution in [0.2, 0.25) is 0 Å². The number of hydrogen-bond donors (Lipinski definition) is 3. The van der Waals surface area contributed by atoms with E-state index in [2.05, 4.69) is 61.7 Å². The molecule has 288 valence electrons. The fourth-order valence-corrected chi connectivity index (χ4v) is 10.1. The Balaban J connectivity index is 1.46. The lowest BCUT2D eigenvalue weighted by atomic mass is 9.72. The number of nitrogens with zero attached hydrogens (tertiary/aromatic N) is 3. The Morgan fingerprint density at radius 2 is 1.27 bits per heavy atom. The zero-order valence-electron chi connectivity index (χ0n) is 33.0. The van der Waals surface area contributed by atoms with Gasteiger partial charge in [-0.25, -0.2) is 20.1 Å². The summed E-state index contributed by atoms with van der Waals surface area (Å²) in [5.41, 5.74) is 5.51. The second-order valence-electron chi connectivity index (χ2n) is 18.3. The fraction of sp³-hybridized carbons (Fsp3) is 0.789. The SMILES string of the molecule is C[C@H](Cn1cnc2c(N)ccnc21)OCP(=O)(NC(C)(C)C(=O)O[C@H]1CC[C@H](C(C)(C)C)CC1)NC(C)(C)C(=O)O[C@H]1CC[C@H](C(C)(C)C)CC1. The van der Waals surface area contributed by atoms with Gasteiger partial charge in [0.2, 0.25) is 7.44 Å². The Morgan fingerprint density at radius 1 is 0.824 bits per heavy atom. The van der Waals surface area contributed by atoms with Crippen LogP contribution in [-0.4, -0.2) is 62.2 Å². The normalized spacial score (nSPS) is 23.2. The average Bonchev–Trinajstić information content (AvgIpc) is 3.43. The van der Waals surface area contributed by atoms with Crippen LogP contribution in [0.1, 0.15) is 128 Å². The highest BCUT2D eigenvalue weighted by Crippen LogP contribution is 2.44. The second kappa shape index (κ2) is 15.8. The number of rotatable bonds is 13. The van der Waals surface area contributed by atoms with Crippen LogP contribution in [0.5, 0.6) is 0 Å². The van der Waals surface area contributed by atoms with Gasteiger partial charge >= 0.3 is 11.9 Å². The quantitative estimate of drug-likeness (QED) is 0.137. The number of nitrogens with two attached hydrogens (primary N) is 1. The van der Waals surface area contributed by atoms with Crippen molar-refractivity contribution < 1.29 is 28.4 Å². The highest BCUT2D eigenvalue weighted by molar-refractivity contribution is 7.59. The highest BCUT2D eigenvalue weighted by atomic mass is 31.2. The molecule has 0 radical (unpaired) electrons. The smallest absolute Gasteiger partial charge is 0.326 e. The number of nitrogens with one attached hydrogen (secondary N) is 2. The summed E-state index contributed by atoms with van der Waals surface area (Å²) in [5, 5.41) is 6.14. The first-order valence-corrected chi connectivity index (χ1v) is 20.7. The first-order valence-electron chi connectivity index (χ1n) is 18.8. The minimum Gasteiger partial charge on any atom is -0.461 e. The lowest BCUT2D eigenvalue weighted by Crippen LogP contribution is -2.54. The molecule has 1 atom stereocenters. The molecule has 0 unspecified atom stereocenters. The van der Waals surface area contributed by atoms with Gasteiger partial charge < -0.3 is 24.5 Å². The van der Waals surface area contributed by atoms with Gasteiger partial charge in [-0.2, -0.15) is 0 Å². The van der Waals surface area contributed by atoms with Crippen molar-refractivity contribution in [3.05, 3.63) is 18.6 Å². The third-order valence-corrected chi connectivity index (χ3v) is 13.2. The van der Waals surface area contributed by atoms with E-state index in [1.807, 2.05) is 11.5 Å². The molecule has 2 fully saturated rings. The summed E-state index contributed by atoms with van der Waals surface area (Å²) in [5.74, 6) is 0.153. The summed E-state index contributed by atoms with van der Waals surface area (Å²) >= 11 is 0. The minimum atomic E-state index is -3.82. The number of ether oxygens (including phenoxy) is 3. The van der Waals surface area contributed by atoms with Crippen LogP contribution in [-0.2, 0) is 34.9 Å². The van der Waals surface area contributed by atoms with Gasteiger partial charge in [0.05, 0.1) is 24.7 Å². The van der Waals surface area contributed by atoms with Crippen molar-refractivity contribution in [1.82, 2.24) is 24.7 Å². The van der Waals surface area contributed by atoms with E-state index in [1.54, 1.807) is 46.3 Å². The average molecular weight is 733 g/mol. The largest absolute Gasteiger partial charge is 0.461 e. The number of carbonyl (C=O) groups is 2. The Bertz CT molecular complexity index is 1480. The van der Waals surface area contributed by atoms with E-state index in [9.17, 15) is 14.2 Å². The number of anilines is 1. The maximum atomic E-state index is 14.9. The molecule has 0 saturated heterocycles. The maximum absolute atomic E-state index is 14.9. The Labute approximate surface area is 305 Å². The molecule has 4 rings (SSSR count). The lowest BCUT2D eigenvalue weighted by molar-refractivity contribution is -0.157. The van der Waals surface area contributed by atoms with Crippen molar-refractivity contribution in [1.29, 1.82) is 0 Å². The fourth-order valence-electron chi connectivity index (χ4n) is 7.46. The minimum absolute atomic E-state index is 0.201. The summed E-state index contributed by atoms with van der Waals surface area (Å²) in [7, 11) is -3.82. The van der Waals surface area contributed by atoms with Crippen molar-refractivity contribution in [2.45, 2.75) is 163 Å². The van der Waals surface area contributed by atoms with E-state index < -0.39 is 36.6 Å². The molecule has 2 aromatic heterocycles. The summed E-state index contributed by atoms with van der Waals surface area (Å²) in [6.45, 7) is 22.3. The standard InChI is InChI=1S/C38H65N6O6P/c1-25(22-44-23-41-31-30(39)20-21-40-32(31)44)48-24-51(47,42-37(8,9)33(45)49-28-16-12-26(13-17-28)35(2,3)4)43-38(10,11)34(46)50-29-18-14-27(15-19-29)36(5,6)7/h20-21,23,25-29H,12-19,22,24H2,1-11H3,(H2,39,40)(H2,42,43,47)/t25-,26-,27-,28-,29-/m1/s1. The molecule has 2 aromatic rings. The Hall–Kier alpha value is -2.53. The van der Waals surface area contributed by atoms with Crippen molar-refractivity contribution in [3.63, 3.8) is 0 Å². The van der Waals surface area contributed by atoms with E-state index >= 15 is 0 Å². The van der Waals surface area contributed by atoms with Gasteiger partial charge in [-0.3, -0.25) is 14.2 Å². The zero-order chi connectivity index (χ0) is 38.0. The van der Waals surface area contributed by atoms with E-state index in [0.29, 0.717) is 35.2 Å². The molecule has 2 heterocycles. The molecular weight excluding hydrogens is 667 g/mol. The van der Waals surface area contributed by atoms with Crippen LogP contribution in [0.15, 0.2) is 18.6 Å². The van der Waals surface area contributed by atoms with Crippen molar-refractivity contribution in [2.24, 2.45) is 22.7 Å². The van der Waals surface area contributed by atoms with Crippen LogP contribution in [0.4, 0.5) is 5.69 Å². The van der Waals surface area contributed by atoms with Gasteiger partial charge in [-0.15, -0.1) is 0 Å². The van der Waals surface area contributed by atoms with E-state index in [4.69, 9.17) is 19.9 Å². The monoisotopic (exact) mass is 732 g/mol. The number of fused-ring (bicyclic) bond motifs is 1. The summed E-state index contributed by atoms with van der Waals surface area (Å²) < 4.78 is 34.9. The molecule has 0 amide bonds. The van der Waals surface area contributed by atoms with Gasteiger partial charge in [-0.05, 0) is 115 Å². The molecule has 12 nitrogen and oxygen atoms in total. The predicted molar refractivity (Wildman–Crippen MR) is 202 cm³/mol. The van der Waals surface area contributed by atoms with E-state index in [-0.39, 0.29) is 29.4 Å². The molecular formula is C38H65N6O6P. The number of carbonyl (C=O) groups excluding carboxylic acids is 2. The maximum Gasteiger partial charge on any atom is 0.326 e. The summed E-state index contributed by atoms with van der Waals surface area (Å²) in [6.07, 6.45) is 9.24. The van der Waals surface area contributed by atoms with Gasteiger partial charge in [0.25, 0.3) is 0 Å². The third kappa shape index (κ3) is 11.0. The zero-order valence-corrected chi connectivity index (χ0v) is 33.9. The van der Waals surface area contributed by atoms with Crippen molar-refractivity contribution >= 4 is 36.2 Å². The van der Waals surface area contributed by atoms with E-state index in [1.165, 1.54) is 0 Å². The molecule has 4 N–H and O–H groups in total. The molecule has 0 aromatic carbocycles. The number of imidazole rings is 1. The van der Waals surface area contributed by atoms with Crippen LogP contribution >= 0.6 is 7.44 Å². The number of pyridine rings is 1. The van der Waals surface area contributed by atoms with Crippen LogP contribution in [0.25, 0.3) is 11.2 Å². The first kappa shape index (κ1) is 41.2. The topological polar surface area (TPSA) is 160 Å². The highest BCUT2D eigenvalue weighted by Gasteiger charge is 2.45. The number of aromatic nitrogens is 3. The molecule has 51 heavy (non-hydrogen) atoms.